The molecule has 2 unspecified atom stereocenters. The second kappa shape index (κ2) is 13.1. The average molecular weight is 546 g/mol. The largest absolute Gasteiger partial charge is 0.496 e. The molecule has 38 heavy (non-hydrogen) atoms. The van der Waals surface area contributed by atoms with Gasteiger partial charge in [-0.3, -0.25) is 25.0 Å². The number of hydrogen-bond donors (Lipinski definition) is 4. The van der Waals surface area contributed by atoms with Crippen LogP contribution in [-0.4, -0.2) is 61.1 Å². The molecule has 2 aromatic rings. The number of carboxylic acids is 1. The van der Waals surface area contributed by atoms with Crippen molar-refractivity contribution in [3.05, 3.63) is 58.1 Å². The van der Waals surface area contributed by atoms with Crippen LogP contribution in [-0.2, 0) is 16.1 Å². The van der Waals surface area contributed by atoms with E-state index >= 15 is 0 Å². The maximum absolute atomic E-state index is 13.6. The minimum atomic E-state index is -1.14. The van der Waals surface area contributed by atoms with E-state index in [1.165, 1.54) is 26.4 Å². The van der Waals surface area contributed by atoms with Crippen LogP contribution in [0.2, 0.25) is 5.02 Å². The van der Waals surface area contributed by atoms with Crippen molar-refractivity contribution in [2.45, 2.75) is 32.2 Å². The van der Waals surface area contributed by atoms with E-state index in [0.717, 1.165) is 10.5 Å². The number of carbonyl (C=O) groups is 3. The van der Waals surface area contributed by atoms with Crippen molar-refractivity contribution in [1.29, 1.82) is 0 Å². The number of rotatable bonds is 9. The van der Waals surface area contributed by atoms with E-state index in [-0.39, 0.29) is 30.8 Å². The summed E-state index contributed by atoms with van der Waals surface area (Å²) in [7, 11) is 2.94. The summed E-state index contributed by atoms with van der Waals surface area (Å²) in [6.45, 7) is 1.95. The first-order chi connectivity index (χ1) is 18.2. The van der Waals surface area contributed by atoms with Gasteiger partial charge in [0, 0.05) is 10.7 Å². The summed E-state index contributed by atoms with van der Waals surface area (Å²) in [5.74, 6) is -1.33. The first kappa shape index (κ1) is 28.7. The molecule has 0 aromatic heterocycles. The lowest BCUT2D eigenvalue weighted by Crippen LogP contribution is -2.50. The molecule has 204 valence electrons. The predicted octanol–water partition coefficient (Wildman–Crippen LogP) is 3.43. The number of halogens is 1. The number of nitrogens with one attached hydrogen (secondary N) is 2. The van der Waals surface area contributed by atoms with E-state index in [2.05, 4.69) is 15.8 Å². The molecule has 1 heterocycles. The maximum Gasteiger partial charge on any atom is 0.337 e. The van der Waals surface area contributed by atoms with Gasteiger partial charge in [-0.2, -0.15) is 0 Å². The summed E-state index contributed by atoms with van der Waals surface area (Å²) in [5, 5.41) is 12.7. The first-order valence-electron chi connectivity index (χ1n) is 12.1. The molecule has 0 saturated heterocycles. The van der Waals surface area contributed by atoms with E-state index in [0.29, 0.717) is 35.0 Å². The molecule has 0 fully saturated rings. The second-order valence-corrected chi connectivity index (χ2v) is 9.25. The molecule has 1 aliphatic rings. The number of ether oxygens (including phenoxy) is 1. The standard InChI is InChI=1S/C26H32ClN5O6/c1-4-5-21(15-6-8-19(25(34)35)20(28)12-15)30-26(36)32-14-23(31-38-3)29-13-17(24(32)33)10-16-11-18(27)7-9-22(16)37-2/h6-9,11-12,17,21H,4-5,10,13-14,28H2,1-3H3,(H,29,31)(H,30,36)(H,34,35). The smallest absolute Gasteiger partial charge is 0.337 e. The minimum absolute atomic E-state index is 0.0243. The quantitative estimate of drug-likeness (QED) is 0.276. The fourth-order valence-corrected chi connectivity index (χ4v) is 4.50. The van der Waals surface area contributed by atoms with Crippen LogP contribution in [0.1, 0.15) is 47.3 Å². The van der Waals surface area contributed by atoms with Crippen LogP contribution >= 0.6 is 11.6 Å². The van der Waals surface area contributed by atoms with E-state index in [4.69, 9.17) is 26.9 Å². The molecule has 2 atom stereocenters. The zero-order valence-corrected chi connectivity index (χ0v) is 22.2. The monoisotopic (exact) mass is 545 g/mol. The number of anilines is 1. The third kappa shape index (κ3) is 6.93. The van der Waals surface area contributed by atoms with Gasteiger partial charge in [-0.05, 0) is 54.3 Å². The van der Waals surface area contributed by atoms with Gasteiger partial charge in [0.15, 0.2) is 0 Å². The lowest BCUT2D eigenvalue weighted by atomic mass is 9.97. The maximum atomic E-state index is 13.6. The topological polar surface area (TPSA) is 156 Å². The van der Waals surface area contributed by atoms with E-state index < -0.39 is 29.9 Å². The van der Waals surface area contributed by atoms with Crippen molar-refractivity contribution in [2.24, 2.45) is 10.9 Å². The molecule has 0 spiro atoms. The summed E-state index contributed by atoms with van der Waals surface area (Å²) in [4.78, 5) is 49.0. The molecule has 3 amide bonds. The number of amidine groups is 1. The van der Waals surface area contributed by atoms with Gasteiger partial charge in [-0.15, -0.1) is 0 Å². The lowest BCUT2D eigenvalue weighted by molar-refractivity contribution is -0.131. The predicted molar refractivity (Wildman–Crippen MR) is 143 cm³/mol. The number of hydroxylamine groups is 1. The van der Waals surface area contributed by atoms with Crippen LogP contribution < -0.4 is 21.3 Å². The van der Waals surface area contributed by atoms with Gasteiger partial charge in [-0.25, -0.2) is 9.59 Å². The zero-order valence-electron chi connectivity index (χ0n) is 21.5. The number of benzene rings is 2. The van der Waals surface area contributed by atoms with Gasteiger partial charge in [0.05, 0.1) is 44.8 Å². The fraction of sp³-hybridized carbons (Fsp3) is 0.385. The van der Waals surface area contributed by atoms with Gasteiger partial charge in [0.1, 0.15) is 11.6 Å². The number of urea groups is 1. The van der Waals surface area contributed by atoms with Crippen LogP contribution in [0.3, 0.4) is 0 Å². The Morgan fingerprint density at radius 3 is 2.66 bits per heavy atom. The molecule has 11 nitrogen and oxygen atoms in total. The number of aromatic carboxylic acids is 1. The molecule has 3 rings (SSSR count). The van der Waals surface area contributed by atoms with Crippen molar-refractivity contribution in [3.8, 4) is 5.75 Å². The number of hydrogen-bond acceptors (Lipinski definition) is 8. The Kier molecular flexibility index (Phi) is 9.91. The van der Waals surface area contributed by atoms with Crippen LogP contribution in [0.5, 0.6) is 5.75 Å². The molecule has 0 saturated carbocycles. The molecular formula is C26H32ClN5O6. The van der Waals surface area contributed by atoms with Crippen molar-refractivity contribution in [2.75, 3.05) is 33.0 Å². The number of nitrogens with two attached hydrogens (primary N) is 1. The molecule has 0 radical (unpaired) electrons. The number of nitrogens with zero attached hydrogens (tertiary/aromatic N) is 2. The summed E-state index contributed by atoms with van der Waals surface area (Å²) >= 11 is 6.18. The highest BCUT2D eigenvalue weighted by Crippen LogP contribution is 2.28. The number of nitrogen functional groups attached to an aromatic ring is 1. The third-order valence-electron chi connectivity index (χ3n) is 6.18. The van der Waals surface area contributed by atoms with Crippen LogP contribution in [0.25, 0.3) is 0 Å². The normalized spacial score (nSPS) is 16.3. The fourth-order valence-electron chi connectivity index (χ4n) is 4.31. The third-order valence-corrected chi connectivity index (χ3v) is 6.42. The summed E-state index contributed by atoms with van der Waals surface area (Å²) in [6, 6.07) is 8.56. The SMILES string of the molecule is CCCC(NC(=O)N1CC(NOC)=NCC(Cc2cc(Cl)ccc2OC)C1=O)c1ccc(C(=O)O)c(N)c1. The number of aliphatic imine (C=N–C) groups is 1. The van der Waals surface area contributed by atoms with Gasteiger partial charge >= 0.3 is 12.0 Å². The number of carboxylic acid groups (broad SMARTS) is 1. The molecular weight excluding hydrogens is 514 g/mol. The summed E-state index contributed by atoms with van der Waals surface area (Å²) < 4.78 is 5.43. The molecule has 1 aliphatic heterocycles. The van der Waals surface area contributed by atoms with E-state index in [9.17, 15) is 19.5 Å². The van der Waals surface area contributed by atoms with Crippen molar-refractivity contribution in [3.63, 3.8) is 0 Å². The van der Waals surface area contributed by atoms with Crippen molar-refractivity contribution < 1.29 is 29.1 Å². The van der Waals surface area contributed by atoms with Gasteiger partial charge in [0.2, 0.25) is 5.91 Å². The Labute approximate surface area is 225 Å². The second-order valence-electron chi connectivity index (χ2n) is 8.82. The van der Waals surface area contributed by atoms with E-state index in [1.54, 1.807) is 24.3 Å². The highest BCUT2D eigenvalue weighted by molar-refractivity contribution is 6.30. The Morgan fingerprint density at radius 2 is 2.03 bits per heavy atom. The summed E-state index contributed by atoms with van der Waals surface area (Å²) in [6.07, 6.45) is 1.51. The average Bonchev–Trinajstić information content (AvgIpc) is 3.03. The highest BCUT2D eigenvalue weighted by Gasteiger charge is 2.34. The van der Waals surface area contributed by atoms with E-state index in [1.807, 2.05) is 6.92 Å². The highest BCUT2D eigenvalue weighted by atomic mass is 35.5. The first-order valence-corrected chi connectivity index (χ1v) is 12.5. The Hall–Kier alpha value is -3.83. The lowest BCUT2D eigenvalue weighted by Gasteiger charge is -2.27. The van der Waals surface area contributed by atoms with Crippen molar-refractivity contribution >= 4 is 41.0 Å². The van der Waals surface area contributed by atoms with Crippen LogP contribution in [0.15, 0.2) is 41.4 Å². The zero-order chi connectivity index (χ0) is 27.8. The minimum Gasteiger partial charge on any atom is -0.496 e. The number of carbonyl (C=O) groups excluding carboxylic acids is 2. The summed E-state index contributed by atoms with van der Waals surface area (Å²) in [5.41, 5.74) is 9.99. The van der Waals surface area contributed by atoms with Crippen LogP contribution in [0, 0.1) is 5.92 Å². The van der Waals surface area contributed by atoms with Gasteiger partial charge in [-0.1, -0.05) is 31.0 Å². The Morgan fingerprint density at radius 1 is 1.26 bits per heavy atom. The number of imide groups is 1. The van der Waals surface area contributed by atoms with Gasteiger partial charge < -0.3 is 20.9 Å². The number of methoxy groups -OCH3 is 1. The molecule has 5 N–H and O–H groups in total. The molecule has 12 heteroatoms. The molecule has 0 aliphatic carbocycles. The Bertz CT molecular complexity index is 1220. The molecule has 2 aromatic carbocycles. The molecule has 0 bridgehead atoms. The van der Waals surface area contributed by atoms with Crippen molar-refractivity contribution in [1.82, 2.24) is 15.7 Å². The Balaban J connectivity index is 1.88. The number of amides is 3. The van der Waals surface area contributed by atoms with Gasteiger partial charge in [0.25, 0.3) is 0 Å². The van der Waals surface area contributed by atoms with Crippen LogP contribution in [0.4, 0.5) is 10.5 Å².